The zero-order valence-electron chi connectivity index (χ0n) is 21.8. The molecule has 0 saturated carbocycles. The van der Waals surface area contributed by atoms with Crippen LogP contribution in [0.15, 0.2) is 48.7 Å². The highest BCUT2D eigenvalue weighted by Crippen LogP contribution is 2.17. The van der Waals surface area contributed by atoms with E-state index in [9.17, 15) is 0 Å². The third-order valence-electron chi connectivity index (χ3n) is 5.02. The summed E-state index contributed by atoms with van der Waals surface area (Å²) in [5.74, 6) is 0.901. The van der Waals surface area contributed by atoms with Crippen molar-refractivity contribution in [2.24, 2.45) is 0 Å². The first-order valence-corrected chi connectivity index (χ1v) is 12.4. The van der Waals surface area contributed by atoms with Gasteiger partial charge in [-0.05, 0) is 82.6 Å². The van der Waals surface area contributed by atoms with E-state index in [1.165, 1.54) is 37.9 Å². The zero-order valence-corrected chi connectivity index (χ0v) is 21.8. The summed E-state index contributed by atoms with van der Waals surface area (Å²) < 4.78 is 15.3. The second kappa shape index (κ2) is 19.6. The average Bonchev–Trinajstić information content (AvgIpc) is 3.34. The molecule has 4 rings (SSSR count). The van der Waals surface area contributed by atoms with Crippen LogP contribution in [0.1, 0.15) is 48.5 Å². The summed E-state index contributed by atoms with van der Waals surface area (Å²) in [6.45, 7) is 11.2. The maximum absolute atomic E-state index is 7.57. The normalized spacial score (nSPS) is 12.9. The molecule has 1 aromatic heterocycles. The largest absolute Gasteiger partial charge is 0.468 e. The SMILES string of the molecule is CCO.CCOC.CCOCOc1cccc(CN2CCCCC2)c1.Nc1ccc2[nH]ncc2c1.[HH].[HH]. The molecule has 0 bridgehead atoms. The van der Waals surface area contributed by atoms with Gasteiger partial charge in [-0.25, -0.2) is 0 Å². The van der Waals surface area contributed by atoms with Gasteiger partial charge < -0.3 is 25.1 Å². The number of aromatic nitrogens is 2. The maximum atomic E-state index is 7.57. The van der Waals surface area contributed by atoms with Crippen LogP contribution in [0.4, 0.5) is 5.69 Å². The lowest BCUT2D eigenvalue weighted by molar-refractivity contribution is 0.0223. The third kappa shape index (κ3) is 13.7. The molecule has 8 nitrogen and oxygen atoms in total. The van der Waals surface area contributed by atoms with Gasteiger partial charge in [-0.2, -0.15) is 5.10 Å². The fraction of sp³-hybridized carbons (Fsp3) is 0.519. The molecule has 3 aromatic rings. The third-order valence-corrected chi connectivity index (χ3v) is 5.02. The van der Waals surface area contributed by atoms with Crippen LogP contribution < -0.4 is 10.5 Å². The Kier molecular flexibility index (Phi) is 17.0. The molecule has 4 N–H and O–H groups in total. The highest BCUT2D eigenvalue weighted by atomic mass is 16.7. The molecule has 1 fully saturated rings. The second-order valence-corrected chi connectivity index (χ2v) is 7.85. The van der Waals surface area contributed by atoms with Crippen molar-refractivity contribution in [1.82, 2.24) is 15.1 Å². The van der Waals surface area contributed by atoms with Gasteiger partial charge in [0.2, 0.25) is 0 Å². The van der Waals surface area contributed by atoms with Crippen molar-refractivity contribution in [3.05, 3.63) is 54.2 Å². The van der Waals surface area contributed by atoms with Crippen LogP contribution in [-0.2, 0) is 16.0 Å². The van der Waals surface area contributed by atoms with E-state index in [0.717, 1.165) is 35.5 Å². The number of nitrogens with two attached hydrogens (primary N) is 1. The first-order chi connectivity index (χ1) is 17.1. The number of benzene rings is 2. The number of aliphatic hydroxyl groups is 1. The van der Waals surface area contributed by atoms with Gasteiger partial charge in [-0.15, -0.1) is 0 Å². The van der Waals surface area contributed by atoms with Gasteiger partial charge in [0.15, 0.2) is 6.79 Å². The van der Waals surface area contributed by atoms with E-state index >= 15 is 0 Å². The molecule has 2 heterocycles. The Hall–Kier alpha value is -2.65. The number of nitrogens with one attached hydrogen (secondary N) is 1. The summed E-state index contributed by atoms with van der Waals surface area (Å²) >= 11 is 0. The standard InChI is InChI=1S/C15H23NO2.C7H7N3.C3H8O.C2H6O.2H2/c1-2-17-13-18-15-8-6-7-14(11-15)12-16-9-4-3-5-10-16;8-6-1-2-7-5(3-6)4-9-10-7;1-3-4-2;1-2-3;;/h6-8,11H,2-5,9-10,12-13H2,1H3;1-4H,8H2,(H,9,10);3H2,1-2H3;3H,2H2,1H3;2*1H. The number of aliphatic hydroxyl groups excluding tert-OH is 1. The number of rotatable bonds is 7. The lowest BCUT2D eigenvalue weighted by atomic mass is 10.1. The monoisotopic (exact) mass is 492 g/mol. The molecule has 2 aromatic carbocycles. The van der Waals surface area contributed by atoms with E-state index in [1.54, 1.807) is 20.2 Å². The minimum atomic E-state index is 0. The van der Waals surface area contributed by atoms with Crippen molar-refractivity contribution in [1.29, 1.82) is 0 Å². The van der Waals surface area contributed by atoms with Crippen molar-refractivity contribution in [2.75, 3.05) is 52.5 Å². The van der Waals surface area contributed by atoms with Crippen molar-refractivity contribution >= 4 is 16.6 Å². The van der Waals surface area contributed by atoms with Crippen molar-refractivity contribution in [3.63, 3.8) is 0 Å². The highest BCUT2D eigenvalue weighted by molar-refractivity contribution is 5.81. The second-order valence-electron chi connectivity index (χ2n) is 7.85. The molecule has 0 radical (unpaired) electrons. The van der Waals surface area contributed by atoms with E-state index in [4.69, 9.17) is 20.3 Å². The summed E-state index contributed by atoms with van der Waals surface area (Å²) in [4.78, 5) is 2.52. The van der Waals surface area contributed by atoms with Crippen LogP contribution in [0.25, 0.3) is 10.9 Å². The average molecular weight is 493 g/mol. The molecule has 200 valence electrons. The summed E-state index contributed by atoms with van der Waals surface area (Å²) in [5.41, 5.74) is 8.66. The molecule has 0 amide bonds. The molecule has 8 heteroatoms. The molecule has 35 heavy (non-hydrogen) atoms. The Labute approximate surface area is 213 Å². The number of piperidine rings is 1. The number of ether oxygens (including phenoxy) is 3. The lowest BCUT2D eigenvalue weighted by Gasteiger charge is -2.26. The number of aromatic amines is 1. The van der Waals surface area contributed by atoms with Crippen LogP contribution in [0.2, 0.25) is 0 Å². The summed E-state index contributed by atoms with van der Waals surface area (Å²) in [6.07, 6.45) is 5.81. The van der Waals surface area contributed by atoms with E-state index < -0.39 is 0 Å². The summed E-state index contributed by atoms with van der Waals surface area (Å²) in [6, 6.07) is 14.0. The minimum absolute atomic E-state index is 0. The van der Waals surface area contributed by atoms with Gasteiger partial charge >= 0.3 is 0 Å². The van der Waals surface area contributed by atoms with Crippen molar-refractivity contribution in [3.8, 4) is 5.75 Å². The molecule has 1 aliphatic heterocycles. The van der Waals surface area contributed by atoms with Gasteiger partial charge in [0.05, 0.1) is 11.7 Å². The Morgan fingerprint density at radius 1 is 1.06 bits per heavy atom. The van der Waals surface area contributed by atoms with E-state index in [-0.39, 0.29) is 9.46 Å². The molecule has 0 unspecified atom stereocenters. The maximum Gasteiger partial charge on any atom is 0.189 e. The number of anilines is 1. The van der Waals surface area contributed by atoms with E-state index in [1.807, 2.05) is 38.1 Å². The van der Waals surface area contributed by atoms with Crippen molar-refractivity contribution < 1.29 is 22.2 Å². The number of hydrogen-bond donors (Lipinski definition) is 3. The fourth-order valence-corrected chi connectivity index (χ4v) is 3.26. The van der Waals surface area contributed by atoms with Crippen LogP contribution in [0.3, 0.4) is 0 Å². The van der Waals surface area contributed by atoms with E-state index in [0.29, 0.717) is 13.4 Å². The molecular formula is C27H48N4O4. The Morgan fingerprint density at radius 2 is 1.77 bits per heavy atom. The molecular weight excluding hydrogens is 444 g/mol. The zero-order chi connectivity index (χ0) is 25.7. The van der Waals surface area contributed by atoms with Crippen LogP contribution in [0.5, 0.6) is 5.75 Å². The molecule has 0 spiro atoms. The molecule has 1 aliphatic rings. The number of nitrogens with zero attached hydrogens (tertiary/aromatic N) is 2. The van der Waals surface area contributed by atoms with E-state index in [2.05, 4.69) is 38.0 Å². The fourth-order valence-electron chi connectivity index (χ4n) is 3.26. The number of hydrogen-bond acceptors (Lipinski definition) is 7. The minimum Gasteiger partial charge on any atom is -0.468 e. The highest BCUT2D eigenvalue weighted by Gasteiger charge is 2.10. The van der Waals surface area contributed by atoms with Gasteiger partial charge in [-0.3, -0.25) is 10.00 Å². The van der Waals surface area contributed by atoms with Crippen LogP contribution in [0, 0.1) is 0 Å². The van der Waals surface area contributed by atoms with Crippen LogP contribution in [-0.4, -0.2) is 67.0 Å². The Bertz CT molecular complexity index is 907. The molecule has 0 atom stereocenters. The summed E-state index contributed by atoms with van der Waals surface area (Å²) in [7, 11) is 1.68. The van der Waals surface area contributed by atoms with Gasteiger partial charge in [0.25, 0.3) is 0 Å². The Morgan fingerprint density at radius 3 is 2.43 bits per heavy atom. The molecule has 0 aliphatic carbocycles. The number of H-pyrrole nitrogens is 1. The van der Waals surface area contributed by atoms with Gasteiger partial charge in [0.1, 0.15) is 5.75 Å². The predicted octanol–water partition coefficient (Wildman–Crippen LogP) is 5.33. The Balaban J connectivity index is 0. The lowest BCUT2D eigenvalue weighted by Crippen LogP contribution is -2.29. The summed E-state index contributed by atoms with van der Waals surface area (Å²) in [5, 5.41) is 15.3. The number of likely N-dealkylation sites (tertiary alicyclic amines) is 1. The van der Waals surface area contributed by atoms with Crippen molar-refractivity contribution in [2.45, 2.75) is 46.6 Å². The molecule has 1 saturated heterocycles. The predicted molar refractivity (Wildman–Crippen MR) is 148 cm³/mol. The van der Waals surface area contributed by atoms with Crippen LogP contribution >= 0.6 is 0 Å². The van der Waals surface area contributed by atoms with Gasteiger partial charge in [-0.1, -0.05) is 18.6 Å². The first kappa shape index (κ1) is 30.4. The number of methoxy groups -OCH3 is 1. The topological polar surface area (TPSA) is 106 Å². The number of fused-ring (bicyclic) bond motifs is 1. The van der Waals surface area contributed by atoms with Gasteiger partial charge in [0, 0.05) is 47.4 Å². The number of nitrogen functional groups attached to an aromatic ring is 1. The smallest absolute Gasteiger partial charge is 0.189 e. The quantitative estimate of drug-likeness (QED) is 0.232. The first-order valence-electron chi connectivity index (χ1n) is 12.4.